The fourth-order valence-corrected chi connectivity index (χ4v) is 3.50. The average molecular weight is 285 g/mol. The molecule has 2 atom stereocenters. The van der Waals surface area contributed by atoms with Gasteiger partial charge in [0.05, 0.1) is 12.8 Å². The van der Waals surface area contributed by atoms with Crippen molar-refractivity contribution in [2.75, 3.05) is 7.11 Å². The molecular weight excluding hydrogens is 270 g/mol. The van der Waals surface area contributed by atoms with Crippen LogP contribution >= 0.6 is 0 Å². The number of hydrogen-bond donors (Lipinski definition) is 3. The van der Waals surface area contributed by atoms with E-state index >= 15 is 0 Å². The van der Waals surface area contributed by atoms with E-state index in [2.05, 4.69) is 12.2 Å². The van der Waals surface area contributed by atoms with E-state index in [1.165, 1.54) is 17.7 Å². The monoisotopic (exact) mass is 285 g/mol. The number of phenols is 1. The van der Waals surface area contributed by atoms with Crippen LogP contribution in [0.4, 0.5) is 0 Å². The van der Waals surface area contributed by atoms with E-state index in [1.807, 2.05) is 0 Å². The maximum atomic E-state index is 10.5. The van der Waals surface area contributed by atoms with E-state index in [4.69, 9.17) is 4.74 Å². The molecule has 0 radical (unpaired) electrons. The maximum Gasteiger partial charge on any atom is 0.202 e. The number of aromatic hydroxyl groups is 3. The standard InChI is InChI=1S/C16H15NO4/c1-21-12-5-4-10(7-11(12)18)17-15(19)13-8-2-3-9(6-8)14(13)16(17)20/h2-5,7-9,18-20H,6H2,1H3/t8-,9+. The number of phenolic OH excluding ortho intramolecular Hbond substituents is 1. The first-order chi connectivity index (χ1) is 10.1. The lowest BCUT2D eigenvalue weighted by atomic mass is 10.0. The summed E-state index contributed by atoms with van der Waals surface area (Å²) in [5.74, 6) is 0.740. The fraction of sp³-hybridized carbons (Fsp3) is 0.250. The topological polar surface area (TPSA) is 74.9 Å². The highest BCUT2D eigenvalue weighted by atomic mass is 16.5. The van der Waals surface area contributed by atoms with Crippen molar-refractivity contribution in [2.24, 2.45) is 0 Å². The Balaban J connectivity index is 1.90. The molecule has 1 heterocycles. The molecule has 21 heavy (non-hydrogen) atoms. The van der Waals surface area contributed by atoms with Gasteiger partial charge in [-0.3, -0.25) is 4.57 Å². The molecule has 0 spiro atoms. The van der Waals surface area contributed by atoms with Crippen molar-refractivity contribution in [2.45, 2.75) is 18.3 Å². The van der Waals surface area contributed by atoms with Crippen LogP contribution in [0.2, 0.25) is 0 Å². The van der Waals surface area contributed by atoms with E-state index in [0.29, 0.717) is 11.4 Å². The number of methoxy groups -OCH3 is 1. The molecule has 0 saturated heterocycles. The van der Waals surface area contributed by atoms with Gasteiger partial charge >= 0.3 is 0 Å². The van der Waals surface area contributed by atoms with Crippen LogP contribution in [0.5, 0.6) is 23.3 Å². The van der Waals surface area contributed by atoms with Gasteiger partial charge in [0.2, 0.25) is 11.8 Å². The highest BCUT2D eigenvalue weighted by molar-refractivity contribution is 5.63. The number of benzene rings is 1. The number of rotatable bonds is 2. The highest BCUT2D eigenvalue weighted by Gasteiger charge is 2.41. The summed E-state index contributed by atoms with van der Waals surface area (Å²) in [6, 6.07) is 4.74. The summed E-state index contributed by atoms with van der Waals surface area (Å²) in [4.78, 5) is 0. The summed E-state index contributed by atoms with van der Waals surface area (Å²) in [5.41, 5.74) is 2.10. The minimum atomic E-state index is -0.0382. The molecule has 5 nitrogen and oxygen atoms in total. The van der Waals surface area contributed by atoms with Gasteiger partial charge in [0.1, 0.15) is 0 Å². The van der Waals surface area contributed by atoms with Crippen LogP contribution < -0.4 is 4.74 Å². The summed E-state index contributed by atoms with van der Waals surface area (Å²) < 4.78 is 6.38. The Morgan fingerprint density at radius 2 is 1.67 bits per heavy atom. The Morgan fingerprint density at radius 3 is 2.19 bits per heavy atom. The Morgan fingerprint density at radius 1 is 1.05 bits per heavy atom. The molecular formula is C16H15NO4. The second kappa shape index (κ2) is 3.97. The molecule has 2 aliphatic rings. The molecule has 0 saturated carbocycles. The Labute approximate surface area is 121 Å². The van der Waals surface area contributed by atoms with Crippen LogP contribution in [0.1, 0.15) is 29.4 Å². The largest absolute Gasteiger partial charge is 0.504 e. The lowest BCUT2D eigenvalue weighted by Crippen LogP contribution is -1.96. The number of fused-ring (bicyclic) bond motifs is 5. The van der Waals surface area contributed by atoms with Crippen molar-refractivity contribution in [3.63, 3.8) is 0 Å². The SMILES string of the molecule is COc1ccc(-n2c(O)c3c(c2O)[C@H]2C=C[C@@H]3C2)cc1O. The summed E-state index contributed by atoms with van der Waals surface area (Å²) in [7, 11) is 1.47. The summed E-state index contributed by atoms with van der Waals surface area (Å²) in [6.07, 6.45) is 5.06. The molecule has 2 bridgehead atoms. The molecule has 0 fully saturated rings. The molecule has 0 amide bonds. The molecule has 5 heteroatoms. The first kappa shape index (κ1) is 12.2. The van der Waals surface area contributed by atoms with Crippen molar-refractivity contribution in [3.05, 3.63) is 41.5 Å². The fourth-order valence-electron chi connectivity index (χ4n) is 3.50. The maximum absolute atomic E-state index is 10.5. The number of ether oxygens (including phenoxy) is 1. The van der Waals surface area contributed by atoms with Crippen LogP contribution in [0.25, 0.3) is 5.69 Å². The predicted octanol–water partition coefficient (Wildman–Crippen LogP) is 2.74. The molecule has 0 aliphatic heterocycles. The third-order valence-corrected chi connectivity index (χ3v) is 4.44. The quantitative estimate of drug-likeness (QED) is 0.742. The lowest BCUT2D eigenvalue weighted by Gasteiger charge is -2.11. The second-order valence-corrected chi connectivity index (χ2v) is 5.50. The predicted molar refractivity (Wildman–Crippen MR) is 76.6 cm³/mol. The number of nitrogens with zero attached hydrogens (tertiary/aromatic N) is 1. The van der Waals surface area contributed by atoms with Gasteiger partial charge in [0.15, 0.2) is 11.5 Å². The van der Waals surface area contributed by atoms with Crippen molar-refractivity contribution >= 4 is 0 Å². The summed E-state index contributed by atoms with van der Waals surface area (Å²) in [5, 5.41) is 30.8. The van der Waals surface area contributed by atoms with E-state index in [0.717, 1.165) is 17.5 Å². The van der Waals surface area contributed by atoms with Gasteiger partial charge in [-0.25, -0.2) is 0 Å². The molecule has 1 aromatic carbocycles. The van der Waals surface area contributed by atoms with Gasteiger partial charge in [-0.2, -0.15) is 0 Å². The van der Waals surface area contributed by atoms with Gasteiger partial charge in [-0.1, -0.05) is 12.2 Å². The summed E-state index contributed by atoms with van der Waals surface area (Å²) in [6.45, 7) is 0. The van der Waals surface area contributed by atoms with Gasteiger partial charge < -0.3 is 20.1 Å². The molecule has 2 aliphatic carbocycles. The van der Waals surface area contributed by atoms with E-state index in [1.54, 1.807) is 12.1 Å². The smallest absolute Gasteiger partial charge is 0.202 e. The first-order valence-corrected chi connectivity index (χ1v) is 6.84. The third kappa shape index (κ3) is 1.46. The number of hydrogen-bond acceptors (Lipinski definition) is 4. The van der Waals surface area contributed by atoms with Crippen LogP contribution in [0.3, 0.4) is 0 Å². The average Bonchev–Trinajstić information content (AvgIpc) is 3.13. The Bertz CT molecular complexity index is 740. The van der Waals surface area contributed by atoms with Gasteiger partial charge in [0, 0.05) is 29.0 Å². The molecule has 2 aromatic rings. The van der Waals surface area contributed by atoms with Crippen molar-refractivity contribution in [3.8, 4) is 28.9 Å². The van der Waals surface area contributed by atoms with E-state index in [-0.39, 0.29) is 29.3 Å². The number of allylic oxidation sites excluding steroid dienone is 2. The molecule has 0 unspecified atom stereocenters. The van der Waals surface area contributed by atoms with Crippen LogP contribution in [0, 0.1) is 0 Å². The lowest BCUT2D eigenvalue weighted by molar-refractivity contribution is 0.372. The second-order valence-electron chi connectivity index (χ2n) is 5.50. The van der Waals surface area contributed by atoms with E-state index < -0.39 is 0 Å². The normalized spacial score (nSPS) is 21.8. The zero-order valence-corrected chi connectivity index (χ0v) is 11.4. The summed E-state index contributed by atoms with van der Waals surface area (Å²) >= 11 is 0. The zero-order chi connectivity index (χ0) is 14.7. The molecule has 108 valence electrons. The molecule has 4 rings (SSSR count). The van der Waals surface area contributed by atoms with Crippen LogP contribution in [-0.4, -0.2) is 27.0 Å². The van der Waals surface area contributed by atoms with Gasteiger partial charge in [0.25, 0.3) is 0 Å². The van der Waals surface area contributed by atoms with Gasteiger partial charge in [-0.15, -0.1) is 0 Å². The van der Waals surface area contributed by atoms with E-state index in [9.17, 15) is 15.3 Å². The van der Waals surface area contributed by atoms with Gasteiger partial charge in [-0.05, 0) is 18.6 Å². The third-order valence-electron chi connectivity index (χ3n) is 4.44. The van der Waals surface area contributed by atoms with Crippen LogP contribution in [0.15, 0.2) is 30.4 Å². The van der Waals surface area contributed by atoms with Crippen molar-refractivity contribution < 1.29 is 20.1 Å². The van der Waals surface area contributed by atoms with Crippen LogP contribution in [-0.2, 0) is 0 Å². The molecule has 3 N–H and O–H groups in total. The highest BCUT2D eigenvalue weighted by Crippen LogP contribution is 2.57. The Hall–Kier alpha value is -2.56. The van der Waals surface area contributed by atoms with Crippen molar-refractivity contribution in [1.82, 2.24) is 4.57 Å². The number of aromatic nitrogens is 1. The minimum absolute atomic E-state index is 0.0382. The minimum Gasteiger partial charge on any atom is -0.504 e. The Kier molecular flexibility index (Phi) is 2.31. The van der Waals surface area contributed by atoms with Crippen molar-refractivity contribution in [1.29, 1.82) is 0 Å². The zero-order valence-electron chi connectivity index (χ0n) is 11.4. The first-order valence-electron chi connectivity index (χ1n) is 6.84. The molecule has 1 aromatic heterocycles.